The van der Waals surface area contributed by atoms with Gasteiger partial charge in [-0.05, 0) is 12.8 Å². The van der Waals surface area contributed by atoms with E-state index in [0.717, 1.165) is 24.2 Å². The molecule has 0 saturated carbocycles. The number of aromatic nitrogens is 2. The van der Waals surface area contributed by atoms with Crippen molar-refractivity contribution < 1.29 is 9.59 Å². The van der Waals surface area contributed by atoms with Gasteiger partial charge in [0.2, 0.25) is 11.8 Å². The first kappa shape index (κ1) is 15.2. The van der Waals surface area contributed by atoms with E-state index in [1.165, 1.54) is 6.33 Å². The molecule has 21 heavy (non-hydrogen) atoms. The fraction of sp³-hybridized carbons (Fsp3) is 0.571. The van der Waals surface area contributed by atoms with Gasteiger partial charge in [-0.25, -0.2) is 9.97 Å². The highest BCUT2D eigenvalue weighted by Crippen LogP contribution is 2.27. The van der Waals surface area contributed by atoms with Crippen molar-refractivity contribution in [2.45, 2.75) is 39.2 Å². The van der Waals surface area contributed by atoms with Gasteiger partial charge in [-0.15, -0.1) is 0 Å². The third-order valence-electron chi connectivity index (χ3n) is 3.57. The van der Waals surface area contributed by atoms with Crippen LogP contribution in [0.2, 0.25) is 0 Å². The van der Waals surface area contributed by atoms with Crippen LogP contribution in [0, 0.1) is 0 Å². The topological polar surface area (TPSA) is 87.2 Å². The molecule has 1 aliphatic rings. The molecule has 1 aromatic rings. The van der Waals surface area contributed by atoms with E-state index < -0.39 is 0 Å². The van der Waals surface area contributed by atoms with E-state index in [9.17, 15) is 9.59 Å². The Kier molecular flexibility index (Phi) is 4.72. The van der Waals surface area contributed by atoms with Gasteiger partial charge in [0.05, 0.1) is 6.54 Å². The Hall–Kier alpha value is -2.18. The second-order valence-electron chi connectivity index (χ2n) is 4.99. The molecule has 114 valence electrons. The molecule has 7 heteroatoms. The highest BCUT2D eigenvalue weighted by Gasteiger charge is 2.34. The van der Waals surface area contributed by atoms with Gasteiger partial charge in [0.15, 0.2) is 0 Å². The first-order valence-corrected chi connectivity index (χ1v) is 7.24. The molecule has 1 atom stereocenters. The summed E-state index contributed by atoms with van der Waals surface area (Å²) in [6.07, 6.45) is 3.79. The third kappa shape index (κ3) is 2.96. The van der Waals surface area contributed by atoms with Gasteiger partial charge in [-0.2, -0.15) is 0 Å². The van der Waals surface area contributed by atoms with Crippen molar-refractivity contribution in [3.8, 4) is 0 Å². The maximum atomic E-state index is 12.0. The van der Waals surface area contributed by atoms with Crippen LogP contribution in [0.1, 0.15) is 32.3 Å². The summed E-state index contributed by atoms with van der Waals surface area (Å²) in [5.41, 5.74) is 0.948. The lowest BCUT2D eigenvalue weighted by Crippen LogP contribution is -2.58. The molecular weight excluding hydrogens is 270 g/mol. The minimum Gasteiger partial charge on any atom is -0.373 e. The Morgan fingerprint density at radius 1 is 1.38 bits per heavy atom. The Labute approximate surface area is 124 Å². The van der Waals surface area contributed by atoms with Crippen molar-refractivity contribution in [2.75, 3.05) is 23.8 Å². The summed E-state index contributed by atoms with van der Waals surface area (Å²) in [7, 11) is 1.80. The fourth-order valence-corrected chi connectivity index (χ4v) is 2.64. The largest absolute Gasteiger partial charge is 0.373 e. The van der Waals surface area contributed by atoms with E-state index >= 15 is 0 Å². The lowest BCUT2D eigenvalue weighted by Gasteiger charge is -2.35. The summed E-state index contributed by atoms with van der Waals surface area (Å²) < 4.78 is 0. The number of amides is 2. The minimum absolute atomic E-state index is 0.140. The number of carbonyl (C=O) groups excluding carboxylic acids is 2. The maximum Gasteiger partial charge on any atom is 0.249 e. The number of rotatable bonds is 5. The van der Waals surface area contributed by atoms with Gasteiger partial charge in [-0.1, -0.05) is 20.3 Å². The monoisotopic (exact) mass is 291 g/mol. The van der Waals surface area contributed by atoms with E-state index in [4.69, 9.17) is 0 Å². The number of piperazine rings is 1. The van der Waals surface area contributed by atoms with Gasteiger partial charge in [-0.3, -0.25) is 14.9 Å². The van der Waals surface area contributed by atoms with Crippen molar-refractivity contribution in [3.05, 3.63) is 11.9 Å². The molecule has 2 rings (SSSR count). The molecule has 2 N–H and O–H groups in total. The predicted molar refractivity (Wildman–Crippen MR) is 80.1 cm³/mol. The van der Waals surface area contributed by atoms with Gasteiger partial charge in [0.1, 0.15) is 24.0 Å². The zero-order valence-corrected chi connectivity index (χ0v) is 12.6. The molecule has 2 heterocycles. The van der Waals surface area contributed by atoms with Crippen LogP contribution in [0.4, 0.5) is 11.6 Å². The highest BCUT2D eigenvalue weighted by atomic mass is 16.2. The lowest BCUT2D eigenvalue weighted by molar-refractivity contribution is -0.132. The smallest absolute Gasteiger partial charge is 0.249 e. The average molecular weight is 291 g/mol. The Morgan fingerprint density at radius 2 is 2.14 bits per heavy atom. The van der Waals surface area contributed by atoms with E-state index in [-0.39, 0.29) is 24.4 Å². The third-order valence-corrected chi connectivity index (χ3v) is 3.57. The van der Waals surface area contributed by atoms with Crippen LogP contribution in [0.3, 0.4) is 0 Å². The highest BCUT2D eigenvalue weighted by molar-refractivity contribution is 6.04. The van der Waals surface area contributed by atoms with Crippen molar-refractivity contribution in [2.24, 2.45) is 0 Å². The van der Waals surface area contributed by atoms with Crippen LogP contribution < -0.4 is 15.5 Å². The maximum absolute atomic E-state index is 12.0. The molecular formula is C14H21N5O2. The minimum atomic E-state index is -0.377. The number of nitrogens with one attached hydrogen (secondary N) is 2. The molecule has 1 saturated heterocycles. The van der Waals surface area contributed by atoms with Gasteiger partial charge < -0.3 is 10.2 Å². The standard InChI is InChI=1S/C14H21N5O2/c1-4-6-9-12(15-3)16-8-17-13(9)19-7-11(20)18-14(21)10(19)5-2/h8,10H,4-7H2,1-3H3,(H,15,16,17)(H,18,20,21). The van der Waals surface area contributed by atoms with E-state index in [1.54, 1.807) is 11.9 Å². The number of hydrogen-bond acceptors (Lipinski definition) is 6. The van der Waals surface area contributed by atoms with Crippen LogP contribution in [-0.2, 0) is 16.0 Å². The number of carbonyl (C=O) groups is 2. The van der Waals surface area contributed by atoms with Crippen molar-refractivity contribution in [1.29, 1.82) is 0 Å². The SMILES string of the molecule is CCCc1c(NC)ncnc1N1CC(=O)NC(=O)C1CC. The molecule has 1 unspecified atom stereocenters. The Morgan fingerprint density at radius 3 is 2.76 bits per heavy atom. The molecule has 7 nitrogen and oxygen atoms in total. The summed E-state index contributed by atoms with van der Waals surface area (Å²) in [6, 6.07) is -0.377. The van der Waals surface area contributed by atoms with Crippen molar-refractivity contribution >= 4 is 23.5 Å². The van der Waals surface area contributed by atoms with Crippen molar-refractivity contribution in [1.82, 2.24) is 15.3 Å². The molecule has 0 radical (unpaired) electrons. The zero-order valence-electron chi connectivity index (χ0n) is 12.6. The van der Waals surface area contributed by atoms with Crippen LogP contribution in [0.15, 0.2) is 6.33 Å². The lowest BCUT2D eigenvalue weighted by atomic mass is 10.1. The van der Waals surface area contributed by atoms with Crippen LogP contribution >= 0.6 is 0 Å². The number of nitrogens with zero attached hydrogens (tertiary/aromatic N) is 3. The van der Waals surface area contributed by atoms with Crippen LogP contribution in [0.25, 0.3) is 0 Å². The summed E-state index contributed by atoms with van der Waals surface area (Å²) in [6.45, 7) is 4.13. The fourth-order valence-electron chi connectivity index (χ4n) is 2.64. The normalized spacial score (nSPS) is 18.6. The first-order valence-electron chi connectivity index (χ1n) is 7.24. The number of imide groups is 1. The summed E-state index contributed by atoms with van der Waals surface area (Å²) in [4.78, 5) is 34.1. The van der Waals surface area contributed by atoms with Gasteiger partial charge in [0, 0.05) is 12.6 Å². The quantitative estimate of drug-likeness (QED) is 0.777. The molecule has 1 fully saturated rings. The van der Waals surface area contributed by atoms with Gasteiger partial charge in [0.25, 0.3) is 0 Å². The first-order chi connectivity index (χ1) is 10.1. The van der Waals surface area contributed by atoms with Crippen LogP contribution in [-0.4, -0.2) is 41.4 Å². The van der Waals surface area contributed by atoms with Crippen LogP contribution in [0.5, 0.6) is 0 Å². The Balaban J connectivity index is 2.47. The van der Waals surface area contributed by atoms with Gasteiger partial charge >= 0.3 is 0 Å². The van der Waals surface area contributed by atoms with E-state index in [1.807, 2.05) is 6.92 Å². The average Bonchev–Trinajstić information content (AvgIpc) is 2.47. The number of hydrogen-bond donors (Lipinski definition) is 2. The molecule has 1 aromatic heterocycles. The van der Waals surface area contributed by atoms with E-state index in [2.05, 4.69) is 27.5 Å². The summed E-state index contributed by atoms with van der Waals surface area (Å²) in [5, 5.41) is 5.43. The molecule has 1 aliphatic heterocycles. The molecule has 0 bridgehead atoms. The summed E-state index contributed by atoms with van der Waals surface area (Å²) in [5.74, 6) is 0.860. The molecule has 0 aliphatic carbocycles. The second-order valence-corrected chi connectivity index (χ2v) is 4.99. The molecule has 0 spiro atoms. The second kappa shape index (κ2) is 6.51. The molecule has 0 aromatic carbocycles. The van der Waals surface area contributed by atoms with E-state index in [0.29, 0.717) is 12.2 Å². The predicted octanol–water partition coefficient (Wildman–Crippen LogP) is 0.712. The zero-order chi connectivity index (χ0) is 15.4. The number of anilines is 2. The Bertz CT molecular complexity index is 546. The van der Waals surface area contributed by atoms with Crippen molar-refractivity contribution in [3.63, 3.8) is 0 Å². The molecule has 2 amide bonds. The summed E-state index contributed by atoms with van der Waals surface area (Å²) >= 11 is 0.